The molecular formula is C30H30N4O4S. The second kappa shape index (κ2) is 10.3. The molecule has 0 N–H and O–H groups in total. The fourth-order valence-electron chi connectivity index (χ4n) is 5.64. The molecule has 2 aromatic heterocycles. The quantitative estimate of drug-likeness (QED) is 0.344. The van der Waals surface area contributed by atoms with Gasteiger partial charge in [0, 0.05) is 50.1 Å². The van der Waals surface area contributed by atoms with Crippen molar-refractivity contribution in [3.63, 3.8) is 0 Å². The summed E-state index contributed by atoms with van der Waals surface area (Å²) in [5.41, 5.74) is 3.64. The molecule has 2 aliphatic rings. The van der Waals surface area contributed by atoms with Crippen molar-refractivity contribution in [1.29, 1.82) is 0 Å². The first-order valence-electron chi connectivity index (χ1n) is 13.1. The maximum atomic E-state index is 13.7. The minimum atomic E-state index is -0.308. The lowest BCUT2D eigenvalue weighted by molar-refractivity contribution is -0.127. The minimum absolute atomic E-state index is 0.0156. The summed E-state index contributed by atoms with van der Waals surface area (Å²) in [6.07, 6.45) is 1.81. The fourth-order valence-corrected chi connectivity index (χ4v) is 6.56. The van der Waals surface area contributed by atoms with E-state index >= 15 is 0 Å². The smallest absolute Gasteiger partial charge is 0.233 e. The average Bonchev–Trinajstić information content (AvgIpc) is 3.64. The van der Waals surface area contributed by atoms with Gasteiger partial charge >= 0.3 is 0 Å². The van der Waals surface area contributed by atoms with E-state index in [0.717, 1.165) is 45.2 Å². The van der Waals surface area contributed by atoms with Crippen LogP contribution in [0.4, 0.5) is 5.69 Å². The zero-order valence-corrected chi connectivity index (χ0v) is 22.9. The predicted molar refractivity (Wildman–Crippen MR) is 151 cm³/mol. The number of nitrogens with zero attached hydrogens (tertiary/aromatic N) is 4. The fraction of sp³-hybridized carbons (Fsp3) is 0.333. The highest BCUT2D eigenvalue weighted by molar-refractivity contribution is 7.18. The number of benzene rings is 2. The third-order valence-electron chi connectivity index (χ3n) is 7.68. The lowest BCUT2D eigenvalue weighted by Crippen LogP contribution is -2.40. The number of methoxy groups -OCH3 is 1. The molecule has 6 rings (SSSR count). The Morgan fingerprint density at radius 3 is 2.67 bits per heavy atom. The number of carbonyl (C=O) groups excluding carboxylic acids is 2. The number of pyridine rings is 1. The average molecular weight is 543 g/mol. The number of anilines is 1. The van der Waals surface area contributed by atoms with Gasteiger partial charge in [0.1, 0.15) is 21.1 Å². The zero-order valence-electron chi connectivity index (χ0n) is 22.1. The van der Waals surface area contributed by atoms with E-state index in [0.29, 0.717) is 32.1 Å². The van der Waals surface area contributed by atoms with E-state index < -0.39 is 0 Å². The van der Waals surface area contributed by atoms with Crippen LogP contribution >= 0.6 is 11.3 Å². The molecule has 2 aliphatic heterocycles. The number of rotatable bonds is 7. The molecule has 8 nitrogen and oxygen atoms in total. The Morgan fingerprint density at radius 2 is 1.90 bits per heavy atom. The van der Waals surface area contributed by atoms with Crippen molar-refractivity contribution in [3.8, 4) is 11.6 Å². The molecule has 1 saturated heterocycles. The number of carbonyl (C=O) groups is 2. The number of ether oxygens (including phenoxy) is 2. The Balaban J connectivity index is 1.24. The Hall–Kier alpha value is -3.98. The molecule has 0 radical (unpaired) electrons. The van der Waals surface area contributed by atoms with Crippen molar-refractivity contribution < 1.29 is 19.1 Å². The highest BCUT2D eigenvalue weighted by atomic mass is 32.1. The highest BCUT2D eigenvalue weighted by Gasteiger charge is 2.49. The number of hydrogen-bond acceptors (Lipinski definition) is 7. The predicted octanol–water partition coefficient (Wildman–Crippen LogP) is 4.40. The lowest BCUT2D eigenvalue weighted by atomic mass is 9.81. The largest absolute Gasteiger partial charge is 0.493 e. The van der Waals surface area contributed by atoms with E-state index in [2.05, 4.69) is 28.2 Å². The van der Waals surface area contributed by atoms with Crippen LogP contribution in [-0.2, 0) is 27.8 Å². The lowest BCUT2D eigenvalue weighted by Gasteiger charge is -2.25. The molecule has 200 valence electrons. The maximum absolute atomic E-state index is 13.7. The van der Waals surface area contributed by atoms with Crippen LogP contribution in [0.25, 0.3) is 10.3 Å². The van der Waals surface area contributed by atoms with Crippen LogP contribution < -0.4 is 14.4 Å². The number of aromatic nitrogens is 2. The summed E-state index contributed by atoms with van der Waals surface area (Å²) in [6.45, 7) is 3.99. The van der Waals surface area contributed by atoms with Gasteiger partial charge in [0.25, 0.3) is 0 Å². The SMILES string of the molecule is COc1ccc2nc(CC(=O)N3CC4(CCN(C(C)=O)C4)c4cc(OCCc5ccccc5)ccc43)sc2n1. The van der Waals surface area contributed by atoms with Gasteiger partial charge in [-0.1, -0.05) is 41.7 Å². The Labute approximate surface area is 231 Å². The maximum Gasteiger partial charge on any atom is 0.233 e. The summed E-state index contributed by atoms with van der Waals surface area (Å²) >= 11 is 1.41. The van der Waals surface area contributed by atoms with Gasteiger partial charge < -0.3 is 19.3 Å². The van der Waals surface area contributed by atoms with Crippen molar-refractivity contribution in [2.75, 3.05) is 38.3 Å². The van der Waals surface area contributed by atoms with Crippen LogP contribution in [0, 0.1) is 0 Å². The Kier molecular flexibility index (Phi) is 6.68. The monoisotopic (exact) mass is 542 g/mol. The van der Waals surface area contributed by atoms with Crippen molar-refractivity contribution in [1.82, 2.24) is 14.9 Å². The van der Waals surface area contributed by atoms with E-state index in [1.165, 1.54) is 16.9 Å². The molecule has 1 fully saturated rings. The van der Waals surface area contributed by atoms with E-state index in [1.54, 1.807) is 20.1 Å². The van der Waals surface area contributed by atoms with Crippen LogP contribution in [0.15, 0.2) is 60.7 Å². The molecule has 1 unspecified atom stereocenters. The molecule has 9 heteroatoms. The Bertz CT molecular complexity index is 1540. The molecule has 0 bridgehead atoms. The number of amides is 2. The summed E-state index contributed by atoms with van der Waals surface area (Å²) in [7, 11) is 1.58. The second-order valence-electron chi connectivity index (χ2n) is 10.2. The minimum Gasteiger partial charge on any atom is -0.493 e. The van der Waals surface area contributed by atoms with Gasteiger partial charge in [-0.3, -0.25) is 9.59 Å². The molecule has 0 saturated carbocycles. The molecule has 2 amide bonds. The summed E-state index contributed by atoms with van der Waals surface area (Å²) in [5.74, 6) is 1.35. The zero-order chi connectivity index (χ0) is 27.0. The summed E-state index contributed by atoms with van der Waals surface area (Å²) in [6, 6.07) is 19.9. The first kappa shape index (κ1) is 25.3. The number of fused-ring (bicyclic) bond motifs is 3. The molecule has 0 aliphatic carbocycles. The second-order valence-corrected chi connectivity index (χ2v) is 11.2. The molecule has 1 spiro atoms. The standard InChI is InChI=1S/C30H30N4O4S/c1-20(35)33-14-13-30(18-33)19-34(28(36)17-27-31-24-9-11-26(37-2)32-29(24)39-27)25-10-8-22(16-23(25)30)38-15-12-21-6-4-3-5-7-21/h3-11,16H,12-15,17-19H2,1-2H3. The van der Waals surface area contributed by atoms with Gasteiger partial charge in [-0.15, -0.1) is 0 Å². The van der Waals surface area contributed by atoms with E-state index in [-0.39, 0.29) is 23.7 Å². The Morgan fingerprint density at radius 1 is 1.05 bits per heavy atom. The van der Waals surface area contributed by atoms with Crippen molar-refractivity contribution >= 4 is 39.2 Å². The molecular weight excluding hydrogens is 512 g/mol. The number of likely N-dealkylation sites (tertiary alicyclic amines) is 1. The third-order valence-corrected chi connectivity index (χ3v) is 8.64. The van der Waals surface area contributed by atoms with E-state index in [1.807, 2.05) is 46.2 Å². The normalized spacial score (nSPS) is 18.1. The van der Waals surface area contributed by atoms with Crippen LogP contribution in [0.3, 0.4) is 0 Å². The summed E-state index contributed by atoms with van der Waals surface area (Å²) in [4.78, 5) is 39.5. The van der Waals surface area contributed by atoms with Gasteiger partial charge in [-0.25, -0.2) is 9.97 Å². The van der Waals surface area contributed by atoms with E-state index in [9.17, 15) is 9.59 Å². The van der Waals surface area contributed by atoms with Crippen molar-refractivity contribution in [3.05, 3.63) is 76.8 Å². The van der Waals surface area contributed by atoms with Gasteiger partial charge in [0.2, 0.25) is 17.7 Å². The van der Waals surface area contributed by atoms with Crippen LogP contribution in [0.1, 0.15) is 29.5 Å². The van der Waals surface area contributed by atoms with Crippen LogP contribution in [0.5, 0.6) is 11.6 Å². The third kappa shape index (κ3) is 4.94. The number of hydrogen-bond donors (Lipinski definition) is 0. The summed E-state index contributed by atoms with van der Waals surface area (Å²) in [5, 5.41) is 0.718. The van der Waals surface area contributed by atoms with Crippen molar-refractivity contribution in [2.24, 2.45) is 0 Å². The van der Waals surface area contributed by atoms with Gasteiger partial charge in [0.05, 0.1) is 20.1 Å². The molecule has 4 aromatic rings. The molecule has 1 atom stereocenters. The van der Waals surface area contributed by atoms with Gasteiger partial charge in [0.15, 0.2) is 0 Å². The topological polar surface area (TPSA) is 84.9 Å². The van der Waals surface area contributed by atoms with Crippen LogP contribution in [0.2, 0.25) is 0 Å². The summed E-state index contributed by atoms with van der Waals surface area (Å²) < 4.78 is 11.4. The van der Waals surface area contributed by atoms with Gasteiger partial charge in [-0.05, 0) is 41.8 Å². The first-order chi connectivity index (χ1) is 18.9. The van der Waals surface area contributed by atoms with E-state index in [4.69, 9.17) is 9.47 Å². The number of thiazole rings is 1. The van der Waals surface area contributed by atoms with Crippen LogP contribution in [-0.4, -0.2) is 60.0 Å². The first-order valence-corrected chi connectivity index (χ1v) is 13.9. The molecule has 2 aromatic carbocycles. The van der Waals surface area contributed by atoms with Crippen molar-refractivity contribution in [2.45, 2.75) is 31.6 Å². The molecule has 39 heavy (non-hydrogen) atoms. The van der Waals surface area contributed by atoms with Gasteiger partial charge in [-0.2, -0.15) is 0 Å². The molecule has 4 heterocycles. The highest BCUT2D eigenvalue weighted by Crippen LogP contribution is 2.48.